The molecule has 0 amide bonds. The van der Waals surface area contributed by atoms with Gasteiger partial charge in [0, 0.05) is 0 Å². The predicted octanol–water partition coefficient (Wildman–Crippen LogP) is 2.24. The van der Waals surface area contributed by atoms with Gasteiger partial charge < -0.3 is 9.84 Å². The van der Waals surface area contributed by atoms with Gasteiger partial charge in [-0.3, -0.25) is 0 Å². The summed E-state index contributed by atoms with van der Waals surface area (Å²) in [5.74, 6) is 0.727. The third kappa shape index (κ3) is 2.53. The molecule has 1 aliphatic rings. The minimum atomic E-state index is -0.357. The summed E-state index contributed by atoms with van der Waals surface area (Å²) in [5.41, 5.74) is 0.622. The van der Waals surface area contributed by atoms with E-state index in [4.69, 9.17) is 10.00 Å². The molecule has 2 atom stereocenters. The Morgan fingerprint density at radius 1 is 1.19 bits per heavy atom. The van der Waals surface area contributed by atoms with Crippen molar-refractivity contribution in [3.05, 3.63) is 29.8 Å². The van der Waals surface area contributed by atoms with Gasteiger partial charge in [-0.1, -0.05) is 6.42 Å². The molecule has 1 aromatic carbocycles. The third-order valence-electron chi connectivity index (χ3n) is 2.94. The zero-order chi connectivity index (χ0) is 11.4. The summed E-state index contributed by atoms with van der Waals surface area (Å²) in [5, 5.41) is 18.4. The van der Waals surface area contributed by atoms with Crippen LogP contribution in [-0.2, 0) is 0 Å². The fourth-order valence-corrected chi connectivity index (χ4v) is 2.00. The van der Waals surface area contributed by atoms with Gasteiger partial charge in [-0.2, -0.15) is 5.26 Å². The van der Waals surface area contributed by atoms with Crippen molar-refractivity contribution >= 4 is 0 Å². The SMILES string of the molecule is N#Cc1ccc(O[C@H]2CCCC[C@H]2O)cc1. The highest BCUT2D eigenvalue weighted by atomic mass is 16.5. The van der Waals surface area contributed by atoms with E-state index in [1.54, 1.807) is 24.3 Å². The zero-order valence-electron chi connectivity index (χ0n) is 9.10. The van der Waals surface area contributed by atoms with Crippen LogP contribution in [0, 0.1) is 11.3 Å². The van der Waals surface area contributed by atoms with Gasteiger partial charge in [-0.15, -0.1) is 0 Å². The van der Waals surface area contributed by atoms with E-state index in [-0.39, 0.29) is 12.2 Å². The van der Waals surface area contributed by atoms with Gasteiger partial charge in [-0.05, 0) is 43.5 Å². The van der Waals surface area contributed by atoms with Crippen LogP contribution in [-0.4, -0.2) is 17.3 Å². The number of nitriles is 1. The molecule has 0 unspecified atom stereocenters. The number of rotatable bonds is 2. The summed E-state index contributed by atoms with van der Waals surface area (Å²) in [6, 6.07) is 9.07. The van der Waals surface area contributed by atoms with Crippen LogP contribution < -0.4 is 4.74 Å². The van der Waals surface area contributed by atoms with Crippen LogP contribution in [0.4, 0.5) is 0 Å². The van der Waals surface area contributed by atoms with Crippen molar-refractivity contribution in [3.8, 4) is 11.8 Å². The second-order valence-corrected chi connectivity index (χ2v) is 4.14. The lowest BCUT2D eigenvalue weighted by Gasteiger charge is -2.28. The number of benzene rings is 1. The highest BCUT2D eigenvalue weighted by molar-refractivity contribution is 5.34. The lowest BCUT2D eigenvalue weighted by molar-refractivity contribution is 0.00687. The van der Waals surface area contributed by atoms with Crippen LogP contribution in [0.5, 0.6) is 5.75 Å². The van der Waals surface area contributed by atoms with Gasteiger partial charge in [0.1, 0.15) is 11.9 Å². The molecular formula is C13H15NO2. The molecule has 1 N–H and O–H groups in total. The molecule has 0 aliphatic heterocycles. The highest BCUT2D eigenvalue weighted by Crippen LogP contribution is 2.23. The van der Waals surface area contributed by atoms with Crippen molar-refractivity contribution < 1.29 is 9.84 Å². The first-order valence-corrected chi connectivity index (χ1v) is 5.64. The molecule has 84 valence electrons. The Labute approximate surface area is 95.3 Å². The van der Waals surface area contributed by atoms with Gasteiger partial charge >= 0.3 is 0 Å². The molecule has 1 aliphatic carbocycles. The summed E-state index contributed by atoms with van der Waals surface area (Å²) in [7, 11) is 0. The summed E-state index contributed by atoms with van der Waals surface area (Å²) >= 11 is 0. The average Bonchev–Trinajstić information content (AvgIpc) is 2.33. The van der Waals surface area contributed by atoms with Gasteiger partial charge in [0.05, 0.1) is 17.7 Å². The van der Waals surface area contributed by atoms with E-state index >= 15 is 0 Å². The van der Waals surface area contributed by atoms with Crippen LogP contribution in [0.3, 0.4) is 0 Å². The molecule has 0 radical (unpaired) electrons. The number of nitrogens with zero attached hydrogens (tertiary/aromatic N) is 1. The standard InChI is InChI=1S/C13H15NO2/c14-9-10-5-7-11(8-6-10)16-13-4-2-1-3-12(13)15/h5-8,12-13,15H,1-4H2/t12-,13+/m1/s1. The van der Waals surface area contributed by atoms with Gasteiger partial charge in [0.25, 0.3) is 0 Å². The molecule has 1 aromatic rings. The first kappa shape index (κ1) is 11.0. The number of aliphatic hydroxyl groups excluding tert-OH is 1. The van der Waals surface area contributed by atoms with Gasteiger partial charge in [0.15, 0.2) is 0 Å². The summed E-state index contributed by atoms with van der Waals surface area (Å²) < 4.78 is 5.71. The van der Waals surface area contributed by atoms with Crippen LogP contribution >= 0.6 is 0 Å². The lowest BCUT2D eigenvalue weighted by atomic mass is 9.95. The Morgan fingerprint density at radius 3 is 2.50 bits per heavy atom. The largest absolute Gasteiger partial charge is 0.488 e. The number of hydrogen-bond acceptors (Lipinski definition) is 3. The van der Waals surface area contributed by atoms with Crippen molar-refractivity contribution in [3.63, 3.8) is 0 Å². The molecule has 1 fully saturated rings. The Balaban J connectivity index is 2.00. The molecule has 0 saturated heterocycles. The first-order valence-electron chi connectivity index (χ1n) is 5.64. The smallest absolute Gasteiger partial charge is 0.124 e. The maximum atomic E-state index is 9.75. The maximum absolute atomic E-state index is 9.75. The Bertz CT molecular complexity index is 380. The maximum Gasteiger partial charge on any atom is 0.124 e. The molecule has 1 saturated carbocycles. The number of hydrogen-bond donors (Lipinski definition) is 1. The van der Waals surface area contributed by atoms with E-state index < -0.39 is 0 Å². The Morgan fingerprint density at radius 2 is 1.88 bits per heavy atom. The van der Waals surface area contributed by atoms with Crippen LogP contribution in [0.1, 0.15) is 31.2 Å². The molecule has 0 heterocycles. The number of aliphatic hydroxyl groups is 1. The Kier molecular flexibility index (Phi) is 3.43. The van der Waals surface area contributed by atoms with Crippen LogP contribution in [0.15, 0.2) is 24.3 Å². The van der Waals surface area contributed by atoms with Crippen molar-refractivity contribution in [2.45, 2.75) is 37.9 Å². The number of ether oxygens (including phenoxy) is 1. The lowest BCUT2D eigenvalue weighted by Crippen LogP contribution is -2.34. The fourth-order valence-electron chi connectivity index (χ4n) is 2.00. The van der Waals surface area contributed by atoms with Crippen LogP contribution in [0.2, 0.25) is 0 Å². The van der Waals surface area contributed by atoms with Gasteiger partial charge in [0.2, 0.25) is 0 Å². The Hall–Kier alpha value is -1.53. The summed E-state index contributed by atoms with van der Waals surface area (Å²) in [6.07, 6.45) is 3.46. The van der Waals surface area contributed by atoms with E-state index in [0.717, 1.165) is 31.4 Å². The molecule has 16 heavy (non-hydrogen) atoms. The zero-order valence-corrected chi connectivity index (χ0v) is 9.10. The van der Waals surface area contributed by atoms with Gasteiger partial charge in [-0.25, -0.2) is 0 Å². The van der Waals surface area contributed by atoms with Crippen LogP contribution in [0.25, 0.3) is 0 Å². The van der Waals surface area contributed by atoms with Crippen molar-refractivity contribution in [2.24, 2.45) is 0 Å². The molecule has 2 rings (SSSR count). The fraction of sp³-hybridized carbons (Fsp3) is 0.462. The molecule has 3 heteroatoms. The molecule has 0 aromatic heterocycles. The quantitative estimate of drug-likeness (QED) is 0.826. The second kappa shape index (κ2) is 5.00. The predicted molar refractivity (Wildman–Crippen MR) is 60.0 cm³/mol. The topological polar surface area (TPSA) is 53.2 Å². The normalized spacial score (nSPS) is 24.8. The van der Waals surface area contributed by atoms with Crippen molar-refractivity contribution in [1.82, 2.24) is 0 Å². The van der Waals surface area contributed by atoms with E-state index in [1.165, 1.54) is 0 Å². The summed E-state index contributed by atoms with van der Waals surface area (Å²) in [6.45, 7) is 0. The first-order chi connectivity index (χ1) is 7.79. The average molecular weight is 217 g/mol. The summed E-state index contributed by atoms with van der Waals surface area (Å²) in [4.78, 5) is 0. The van der Waals surface area contributed by atoms with E-state index in [9.17, 15) is 5.11 Å². The van der Waals surface area contributed by atoms with E-state index in [2.05, 4.69) is 6.07 Å². The van der Waals surface area contributed by atoms with E-state index in [0.29, 0.717) is 5.56 Å². The minimum absolute atomic E-state index is 0.0957. The molecule has 0 spiro atoms. The van der Waals surface area contributed by atoms with Crippen molar-refractivity contribution in [1.29, 1.82) is 5.26 Å². The highest BCUT2D eigenvalue weighted by Gasteiger charge is 2.24. The molecular weight excluding hydrogens is 202 g/mol. The molecule has 0 bridgehead atoms. The second-order valence-electron chi connectivity index (χ2n) is 4.14. The van der Waals surface area contributed by atoms with E-state index in [1.807, 2.05) is 0 Å². The third-order valence-corrected chi connectivity index (χ3v) is 2.94. The van der Waals surface area contributed by atoms with Crippen molar-refractivity contribution in [2.75, 3.05) is 0 Å². The minimum Gasteiger partial charge on any atom is -0.488 e. The monoisotopic (exact) mass is 217 g/mol. The molecule has 3 nitrogen and oxygen atoms in total.